The van der Waals surface area contributed by atoms with E-state index in [9.17, 15) is 27.9 Å². The van der Waals surface area contributed by atoms with Crippen LogP contribution >= 0.6 is 0 Å². The summed E-state index contributed by atoms with van der Waals surface area (Å²) >= 11 is 0. The van der Waals surface area contributed by atoms with E-state index in [-0.39, 0.29) is 0 Å². The first kappa shape index (κ1) is 12.9. The van der Waals surface area contributed by atoms with Gasteiger partial charge in [-0.15, -0.1) is 0 Å². The van der Waals surface area contributed by atoms with E-state index < -0.39 is 45.5 Å². The van der Waals surface area contributed by atoms with Crippen LogP contribution in [0.15, 0.2) is 23.0 Å². The van der Waals surface area contributed by atoms with Gasteiger partial charge in [0.1, 0.15) is 0 Å². The van der Waals surface area contributed by atoms with Gasteiger partial charge in [-0.25, -0.2) is 4.79 Å². The van der Waals surface area contributed by atoms with Crippen LogP contribution in [0.2, 0.25) is 0 Å². The van der Waals surface area contributed by atoms with Crippen LogP contribution in [-0.2, 0) is 6.18 Å². The minimum atomic E-state index is -4.75. The Morgan fingerprint density at radius 1 is 1.26 bits per heavy atom. The molecule has 0 radical (unpaired) electrons. The zero-order valence-electron chi connectivity index (χ0n) is 9.08. The van der Waals surface area contributed by atoms with Gasteiger partial charge in [0.25, 0.3) is 0 Å². The van der Waals surface area contributed by atoms with E-state index in [0.717, 1.165) is 12.1 Å². The van der Waals surface area contributed by atoms with Crippen molar-refractivity contribution in [2.75, 3.05) is 0 Å². The molecule has 19 heavy (non-hydrogen) atoms. The van der Waals surface area contributed by atoms with E-state index in [1.807, 2.05) is 4.98 Å². The van der Waals surface area contributed by atoms with Crippen LogP contribution in [0.1, 0.15) is 16.1 Å². The Balaban J connectivity index is 2.99. The molecule has 1 aromatic heterocycles. The predicted octanol–water partition coefficient (Wildman–Crippen LogP) is 1.95. The van der Waals surface area contributed by atoms with Gasteiger partial charge in [-0.3, -0.25) is 4.79 Å². The molecule has 1 aromatic carbocycles. The Labute approximate surface area is 102 Å². The second kappa shape index (κ2) is 4.01. The van der Waals surface area contributed by atoms with Crippen molar-refractivity contribution in [2.24, 2.45) is 0 Å². The molecule has 5 nitrogen and oxygen atoms in total. The maximum absolute atomic E-state index is 12.8. The quantitative estimate of drug-likeness (QED) is 0.740. The number of pyridine rings is 1. The molecule has 2 rings (SSSR count). The summed E-state index contributed by atoms with van der Waals surface area (Å²) in [7, 11) is 0. The van der Waals surface area contributed by atoms with Gasteiger partial charge in [0.05, 0.1) is 16.5 Å². The van der Waals surface area contributed by atoms with E-state index in [2.05, 4.69) is 0 Å². The van der Waals surface area contributed by atoms with E-state index in [1.54, 1.807) is 0 Å². The number of alkyl halides is 3. The first-order chi connectivity index (χ1) is 8.73. The lowest BCUT2D eigenvalue weighted by Crippen LogP contribution is -2.15. The maximum atomic E-state index is 12.8. The largest absolute Gasteiger partial charge is 0.502 e. The van der Waals surface area contributed by atoms with Gasteiger partial charge in [0.15, 0.2) is 11.4 Å². The van der Waals surface area contributed by atoms with Gasteiger partial charge < -0.3 is 15.2 Å². The molecule has 0 aliphatic heterocycles. The summed E-state index contributed by atoms with van der Waals surface area (Å²) in [4.78, 5) is 24.3. The third-order valence-electron chi connectivity index (χ3n) is 2.53. The molecule has 0 atom stereocenters. The van der Waals surface area contributed by atoms with Gasteiger partial charge in [-0.05, 0) is 12.1 Å². The fourth-order valence-corrected chi connectivity index (χ4v) is 1.69. The number of hydrogen-bond donors (Lipinski definition) is 3. The lowest BCUT2D eigenvalue weighted by molar-refractivity contribution is -0.136. The summed E-state index contributed by atoms with van der Waals surface area (Å²) < 4.78 is 38.3. The summed E-state index contributed by atoms with van der Waals surface area (Å²) in [6.07, 6.45) is -4.75. The Bertz CT molecular complexity index is 733. The molecule has 0 spiro atoms. The number of carboxylic acid groups (broad SMARTS) is 1. The summed E-state index contributed by atoms with van der Waals surface area (Å²) in [5.41, 5.74) is -3.99. The van der Waals surface area contributed by atoms with Crippen LogP contribution < -0.4 is 5.43 Å². The highest BCUT2D eigenvalue weighted by atomic mass is 19.4. The van der Waals surface area contributed by atoms with E-state index in [4.69, 9.17) is 5.11 Å². The molecular formula is C11H6F3NO4. The number of halogens is 3. The molecule has 8 heteroatoms. The van der Waals surface area contributed by atoms with Crippen molar-refractivity contribution in [1.82, 2.24) is 4.98 Å². The molecule has 3 N–H and O–H groups in total. The average molecular weight is 273 g/mol. The summed E-state index contributed by atoms with van der Waals surface area (Å²) in [6.45, 7) is 0. The molecule has 0 bridgehead atoms. The molecular weight excluding hydrogens is 267 g/mol. The van der Waals surface area contributed by atoms with Crippen molar-refractivity contribution in [3.63, 3.8) is 0 Å². The van der Waals surface area contributed by atoms with E-state index in [1.165, 1.54) is 0 Å². The highest BCUT2D eigenvalue weighted by Gasteiger charge is 2.34. The van der Waals surface area contributed by atoms with Gasteiger partial charge >= 0.3 is 12.1 Å². The number of rotatable bonds is 1. The highest BCUT2D eigenvalue weighted by molar-refractivity contribution is 5.94. The Morgan fingerprint density at radius 2 is 1.89 bits per heavy atom. The van der Waals surface area contributed by atoms with Crippen LogP contribution in [0.25, 0.3) is 10.9 Å². The van der Waals surface area contributed by atoms with Crippen LogP contribution in [0.5, 0.6) is 5.75 Å². The predicted molar refractivity (Wildman–Crippen MR) is 58.2 cm³/mol. The number of carboxylic acids is 1. The van der Waals surface area contributed by atoms with Crippen molar-refractivity contribution in [3.05, 3.63) is 39.7 Å². The maximum Gasteiger partial charge on any atom is 0.418 e. The number of nitrogens with one attached hydrogen (secondary N) is 1. The topological polar surface area (TPSA) is 90.4 Å². The van der Waals surface area contributed by atoms with E-state index in [0.29, 0.717) is 6.07 Å². The van der Waals surface area contributed by atoms with E-state index >= 15 is 0 Å². The van der Waals surface area contributed by atoms with Crippen molar-refractivity contribution < 1.29 is 28.2 Å². The second-order valence-corrected chi connectivity index (χ2v) is 3.71. The summed E-state index contributed by atoms with van der Waals surface area (Å²) in [5.74, 6) is -2.85. The molecule has 0 saturated carbocycles. The van der Waals surface area contributed by atoms with Crippen LogP contribution in [-0.4, -0.2) is 21.2 Å². The van der Waals surface area contributed by atoms with Crippen molar-refractivity contribution in [1.29, 1.82) is 0 Å². The molecule has 0 fully saturated rings. The van der Waals surface area contributed by atoms with Crippen LogP contribution in [0.4, 0.5) is 13.2 Å². The first-order valence-corrected chi connectivity index (χ1v) is 4.92. The molecule has 0 unspecified atom stereocenters. The van der Waals surface area contributed by atoms with Gasteiger partial charge in [0.2, 0.25) is 5.43 Å². The molecule has 0 amide bonds. The molecule has 100 valence electrons. The lowest BCUT2D eigenvalue weighted by Gasteiger charge is -2.11. The number of H-pyrrole nitrogens is 1. The van der Waals surface area contributed by atoms with Gasteiger partial charge in [0, 0.05) is 0 Å². The Morgan fingerprint density at radius 3 is 2.42 bits per heavy atom. The number of benzene rings is 1. The molecule has 0 aliphatic rings. The highest BCUT2D eigenvalue weighted by Crippen LogP contribution is 2.33. The monoisotopic (exact) mass is 273 g/mol. The lowest BCUT2D eigenvalue weighted by atomic mass is 10.1. The van der Waals surface area contributed by atoms with Crippen molar-refractivity contribution in [2.45, 2.75) is 6.18 Å². The normalized spacial score (nSPS) is 11.7. The van der Waals surface area contributed by atoms with Crippen molar-refractivity contribution >= 4 is 16.9 Å². The SMILES string of the molecule is O=C(O)c1[nH]c2c(C(F)(F)F)cccc2c(=O)c1O. The Hall–Kier alpha value is -2.51. The van der Waals surface area contributed by atoms with Crippen LogP contribution in [0, 0.1) is 0 Å². The third-order valence-corrected chi connectivity index (χ3v) is 2.53. The molecule has 1 heterocycles. The Kier molecular flexibility index (Phi) is 2.73. The minimum absolute atomic E-state index is 0.433. The summed E-state index contributed by atoms with van der Waals surface area (Å²) in [6, 6.07) is 2.77. The number of aromatic amines is 1. The molecule has 0 saturated heterocycles. The second-order valence-electron chi connectivity index (χ2n) is 3.71. The standard InChI is InChI=1S/C11H6F3NO4/c12-11(13,14)5-3-1-2-4-6(5)15-7(10(18)19)9(17)8(4)16/h1-3,17H,(H,15,16)(H,18,19). The average Bonchev–Trinajstić information content (AvgIpc) is 2.31. The number of aromatic nitrogens is 1. The van der Waals surface area contributed by atoms with Gasteiger partial charge in [-0.2, -0.15) is 13.2 Å². The number of para-hydroxylation sites is 1. The molecule has 0 aliphatic carbocycles. The number of hydrogen-bond acceptors (Lipinski definition) is 3. The fraction of sp³-hybridized carbons (Fsp3) is 0.0909. The van der Waals surface area contributed by atoms with Crippen molar-refractivity contribution in [3.8, 4) is 5.75 Å². The third kappa shape index (κ3) is 2.01. The molecule has 2 aromatic rings. The first-order valence-electron chi connectivity index (χ1n) is 4.92. The minimum Gasteiger partial charge on any atom is -0.502 e. The zero-order valence-corrected chi connectivity index (χ0v) is 9.08. The number of aromatic hydroxyl groups is 1. The van der Waals surface area contributed by atoms with Crippen LogP contribution in [0.3, 0.4) is 0 Å². The fourth-order valence-electron chi connectivity index (χ4n) is 1.69. The van der Waals surface area contributed by atoms with Gasteiger partial charge in [-0.1, -0.05) is 6.07 Å². The summed E-state index contributed by atoms with van der Waals surface area (Å²) in [5, 5.41) is 17.7. The zero-order chi connectivity index (χ0) is 14.4. The number of carbonyl (C=O) groups is 1. The number of fused-ring (bicyclic) bond motifs is 1. The number of aromatic carboxylic acids is 1. The smallest absolute Gasteiger partial charge is 0.418 e.